The van der Waals surface area contributed by atoms with Crippen LogP contribution in [0.5, 0.6) is 0 Å². The maximum atomic E-state index is 12.3. The monoisotopic (exact) mass is 304 g/mol. The van der Waals surface area contributed by atoms with E-state index in [1.165, 1.54) is 12.4 Å². The summed E-state index contributed by atoms with van der Waals surface area (Å²) in [6, 6.07) is 1.78. The smallest absolute Gasteiger partial charge is 0.274 e. The minimum atomic E-state index is -0.154. The zero-order valence-electron chi connectivity index (χ0n) is 11.2. The molecule has 0 aromatic carbocycles. The summed E-state index contributed by atoms with van der Waals surface area (Å²) >= 11 is 5.76. The summed E-state index contributed by atoms with van der Waals surface area (Å²) in [6.45, 7) is 2.55. The molecule has 0 N–H and O–H groups in total. The van der Waals surface area contributed by atoms with Crippen LogP contribution in [0.15, 0.2) is 30.9 Å². The molecule has 1 aliphatic rings. The molecule has 0 spiro atoms. The van der Waals surface area contributed by atoms with Crippen LogP contribution in [0.1, 0.15) is 10.5 Å². The summed E-state index contributed by atoms with van der Waals surface area (Å²) in [5, 5.41) is 0.220. The second-order valence-corrected chi connectivity index (χ2v) is 4.94. The number of carbonyl (C=O) groups excluding carboxylic acids is 1. The molecule has 0 saturated carbocycles. The van der Waals surface area contributed by atoms with Crippen LogP contribution < -0.4 is 4.90 Å². The molecule has 2 aromatic rings. The fraction of sp³-hybridized carbons (Fsp3) is 0.308. The van der Waals surface area contributed by atoms with E-state index < -0.39 is 0 Å². The Kier molecular flexibility index (Phi) is 3.92. The van der Waals surface area contributed by atoms with Gasteiger partial charge in [0.1, 0.15) is 10.8 Å². The highest BCUT2D eigenvalue weighted by Crippen LogP contribution is 2.12. The van der Waals surface area contributed by atoms with Crippen molar-refractivity contribution >= 4 is 23.5 Å². The zero-order valence-corrected chi connectivity index (χ0v) is 11.9. The first-order valence-electron chi connectivity index (χ1n) is 6.53. The number of anilines is 1. The first-order chi connectivity index (χ1) is 10.2. The average Bonchev–Trinajstić information content (AvgIpc) is 2.55. The molecule has 1 fully saturated rings. The van der Waals surface area contributed by atoms with Gasteiger partial charge in [-0.3, -0.25) is 9.78 Å². The van der Waals surface area contributed by atoms with E-state index in [-0.39, 0.29) is 16.8 Å². The molecular formula is C13H13ClN6O. The number of nitrogens with zero attached hydrogens (tertiary/aromatic N) is 6. The van der Waals surface area contributed by atoms with Crippen molar-refractivity contribution in [2.75, 3.05) is 31.1 Å². The Morgan fingerprint density at radius 2 is 1.81 bits per heavy atom. The van der Waals surface area contributed by atoms with Crippen molar-refractivity contribution in [3.8, 4) is 0 Å². The molecule has 0 radical (unpaired) electrons. The Morgan fingerprint density at radius 1 is 1.10 bits per heavy atom. The van der Waals surface area contributed by atoms with Crippen LogP contribution in [0.25, 0.3) is 0 Å². The molecule has 1 amide bonds. The van der Waals surface area contributed by atoms with Crippen LogP contribution in [-0.4, -0.2) is 56.9 Å². The van der Waals surface area contributed by atoms with Crippen LogP contribution in [0, 0.1) is 0 Å². The third-order valence-electron chi connectivity index (χ3n) is 3.23. The Balaban J connectivity index is 1.64. The maximum Gasteiger partial charge on any atom is 0.274 e. The molecule has 3 rings (SSSR count). The zero-order chi connectivity index (χ0) is 14.7. The molecule has 21 heavy (non-hydrogen) atoms. The SMILES string of the molecule is O=C(c1cncc(Cl)n1)N1CCN(c2ncccn2)CC1. The highest BCUT2D eigenvalue weighted by molar-refractivity contribution is 6.29. The Morgan fingerprint density at radius 3 is 2.48 bits per heavy atom. The van der Waals surface area contributed by atoms with Crippen LogP contribution in [0.3, 0.4) is 0 Å². The summed E-state index contributed by atoms with van der Waals surface area (Å²) in [6.07, 6.45) is 6.26. The number of hydrogen-bond acceptors (Lipinski definition) is 6. The number of amides is 1. The number of rotatable bonds is 2. The summed E-state index contributed by atoms with van der Waals surface area (Å²) in [5.74, 6) is 0.533. The van der Waals surface area contributed by atoms with Gasteiger partial charge in [0.25, 0.3) is 5.91 Å². The quantitative estimate of drug-likeness (QED) is 0.820. The lowest BCUT2D eigenvalue weighted by atomic mass is 10.3. The average molecular weight is 305 g/mol. The van der Waals surface area contributed by atoms with Crippen molar-refractivity contribution in [3.05, 3.63) is 41.7 Å². The third kappa shape index (κ3) is 3.08. The topological polar surface area (TPSA) is 75.1 Å². The van der Waals surface area contributed by atoms with Crippen LogP contribution in [-0.2, 0) is 0 Å². The number of aromatic nitrogens is 4. The molecule has 0 atom stereocenters. The van der Waals surface area contributed by atoms with E-state index in [2.05, 4.69) is 19.9 Å². The molecule has 3 heterocycles. The Bertz CT molecular complexity index is 630. The van der Waals surface area contributed by atoms with E-state index in [4.69, 9.17) is 11.6 Å². The third-order valence-corrected chi connectivity index (χ3v) is 3.41. The van der Waals surface area contributed by atoms with Crippen LogP contribution >= 0.6 is 11.6 Å². The minimum Gasteiger partial charge on any atom is -0.337 e. The molecule has 0 bridgehead atoms. The van der Waals surface area contributed by atoms with E-state index in [9.17, 15) is 4.79 Å². The molecule has 0 aliphatic carbocycles. The first kappa shape index (κ1) is 13.7. The Hall–Kier alpha value is -2.28. The van der Waals surface area contributed by atoms with Gasteiger partial charge in [-0.1, -0.05) is 11.6 Å². The summed E-state index contributed by atoms with van der Waals surface area (Å²) in [4.78, 5) is 32.4. The highest BCUT2D eigenvalue weighted by Gasteiger charge is 2.24. The van der Waals surface area contributed by atoms with Gasteiger partial charge in [0.05, 0.1) is 12.4 Å². The lowest BCUT2D eigenvalue weighted by molar-refractivity contribution is 0.0740. The largest absolute Gasteiger partial charge is 0.337 e. The van der Waals surface area contributed by atoms with Crippen molar-refractivity contribution in [2.24, 2.45) is 0 Å². The highest BCUT2D eigenvalue weighted by atomic mass is 35.5. The first-order valence-corrected chi connectivity index (χ1v) is 6.90. The van der Waals surface area contributed by atoms with Gasteiger partial charge < -0.3 is 9.80 Å². The molecule has 0 unspecified atom stereocenters. The molecular weight excluding hydrogens is 292 g/mol. The van der Waals surface area contributed by atoms with Gasteiger partial charge in [0, 0.05) is 38.6 Å². The van der Waals surface area contributed by atoms with E-state index in [1.807, 2.05) is 4.90 Å². The molecule has 1 saturated heterocycles. The minimum absolute atomic E-state index is 0.154. The molecule has 7 nitrogen and oxygen atoms in total. The van der Waals surface area contributed by atoms with Crippen molar-refractivity contribution < 1.29 is 4.79 Å². The van der Waals surface area contributed by atoms with Crippen molar-refractivity contribution in [3.63, 3.8) is 0 Å². The molecule has 2 aromatic heterocycles. The van der Waals surface area contributed by atoms with Gasteiger partial charge in [-0.25, -0.2) is 15.0 Å². The molecule has 108 valence electrons. The standard InChI is InChI=1S/C13H13ClN6O/c14-11-9-15-8-10(18-11)12(21)19-4-6-20(7-5-19)13-16-2-1-3-17-13/h1-3,8-9H,4-7H2. The second kappa shape index (κ2) is 6.01. The van der Waals surface area contributed by atoms with E-state index in [1.54, 1.807) is 23.4 Å². The number of hydrogen-bond donors (Lipinski definition) is 0. The van der Waals surface area contributed by atoms with E-state index in [0.717, 1.165) is 0 Å². The van der Waals surface area contributed by atoms with Gasteiger partial charge in [-0.2, -0.15) is 0 Å². The second-order valence-electron chi connectivity index (χ2n) is 4.56. The summed E-state index contributed by atoms with van der Waals surface area (Å²) in [5.41, 5.74) is 0.270. The predicted molar refractivity (Wildman–Crippen MR) is 77.2 cm³/mol. The Labute approximate surface area is 126 Å². The van der Waals surface area contributed by atoms with Crippen LogP contribution in [0.4, 0.5) is 5.95 Å². The lowest BCUT2D eigenvalue weighted by Crippen LogP contribution is -2.49. The predicted octanol–water partition coefficient (Wildman–Crippen LogP) is 0.882. The summed E-state index contributed by atoms with van der Waals surface area (Å²) in [7, 11) is 0. The molecule has 1 aliphatic heterocycles. The van der Waals surface area contributed by atoms with E-state index >= 15 is 0 Å². The van der Waals surface area contributed by atoms with Gasteiger partial charge in [-0.05, 0) is 6.07 Å². The van der Waals surface area contributed by atoms with Gasteiger partial charge in [-0.15, -0.1) is 0 Å². The lowest BCUT2D eigenvalue weighted by Gasteiger charge is -2.34. The number of halogens is 1. The fourth-order valence-electron chi connectivity index (χ4n) is 2.17. The normalized spacial score (nSPS) is 15.1. The molecule has 8 heteroatoms. The number of carbonyl (C=O) groups is 1. The fourth-order valence-corrected chi connectivity index (χ4v) is 2.32. The number of piperazine rings is 1. The van der Waals surface area contributed by atoms with Crippen LogP contribution in [0.2, 0.25) is 5.15 Å². The van der Waals surface area contributed by atoms with Gasteiger partial charge in [0.2, 0.25) is 5.95 Å². The van der Waals surface area contributed by atoms with Gasteiger partial charge >= 0.3 is 0 Å². The summed E-state index contributed by atoms with van der Waals surface area (Å²) < 4.78 is 0. The van der Waals surface area contributed by atoms with Gasteiger partial charge in [0.15, 0.2) is 0 Å². The van der Waals surface area contributed by atoms with E-state index in [0.29, 0.717) is 32.1 Å². The van der Waals surface area contributed by atoms with Crippen molar-refractivity contribution in [1.82, 2.24) is 24.8 Å². The van der Waals surface area contributed by atoms with Crippen molar-refractivity contribution in [1.29, 1.82) is 0 Å². The maximum absolute atomic E-state index is 12.3. The van der Waals surface area contributed by atoms with Crippen molar-refractivity contribution in [2.45, 2.75) is 0 Å².